The highest BCUT2D eigenvalue weighted by molar-refractivity contribution is 5.86. The molecular weight excluding hydrogens is 296 g/mol. The summed E-state index contributed by atoms with van der Waals surface area (Å²) in [5.74, 6) is -0.837. The molecule has 0 aromatic carbocycles. The van der Waals surface area contributed by atoms with Crippen molar-refractivity contribution >= 4 is 11.8 Å². The molecule has 0 fully saturated rings. The predicted octanol–water partition coefficient (Wildman–Crippen LogP) is 0.207. The van der Waals surface area contributed by atoms with E-state index in [4.69, 9.17) is 10.5 Å². The third-order valence-corrected chi connectivity index (χ3v) is 2.62. The Hall–Kier alpha value is -1.62. The molecule has 128 valence electrons. The van der Waals surface area contributed by atoms with E-state index < -0.39 is 22.9 Å². The molecule has 10 heteroatoms. The van der Waals surface area contributed by atoms with Crippen LogP contribution in [0.1, 0.15) is 27.7 Å². The minimum Gasteiger partial charge on any atom is -0.352 e. The molecule has 0 aliphatic rings. The number of carbonyl (C=O) groups excluding carboxylic acids is 2. The molecule has 0 heterocycles. The lowest BCUT2D eigenvalue weighted by Crippen LogP contribution is -2.44. The Balaban J connectivity index is 4.62. The first kappa shape index (κ1) is 20.4. The third-order valence-electron chi connectivity index (χ3n) is 2.62. The molecular formula is C12H24N4O6. The lowest BCUT2D eigenvalue weighted by atomic mass is 10.0. The fraction of sp³-hybridized carbons (Fsp3) is 0.833. The molecule has 0 saturated carbocycles. The van der Waals surface area contributed by atoms with Crippen molar-refractivity contribution in [1.82, 2.24) is 10.6 Å². The van der Waals surface area contributed by atoms with Crippen LogP contribution in [0.4, 0.5) is 0 Å². The minimum atomic E-state index is -1.18. The van der Waals surface area contributed by atoms with Gasteiger partial charge in [-0.1, -0.05) is 0 Å². The first-order valence-corrected chi connectivity index (χ1v) is 6.71. The van der Waals surface area contributed by atoms with Crippen LogP contribution in [0.2, 0.25) is 0 Å². The van der Waals surface area contributed by atoms with E-state index in [-0.39, 0.29) is 26.3 Å². The summed E-state index contributed by atoms with van der Waals surface area (Å²) in [6.07, 6.45) is 0. The third kappa shape index (κ3) is 7.41. The average Bonchev–Trinajstić information content (AvgIpc) is 2.45. The molecule has 0 saturated heterocycles. The Morgan fingerprint density at radius 3 is 1.45 bits per heavy atom. The number of nitrogens with one attached hydrogen (secondary N) is 2. The van der Waals surface area contributed by atoms with Crippen molar-refractivity contribution < 1.29 is 29.9 Å². The molecule has 4 N–H and O–H groups in total. The summed E-state index contributed by atoms with van der Waals surface area (Å²) >= 11 is 0. The summed E-state index contributed by atoms with van der Waals surface area (Å²) in [5.41, 5.74) is -2.36. The van der Waals surface area contributed by atoms with Gasteiger partial charge >= 0.3 is 0 Å². The maximum atomic E-state index is 11.9. The lowest BCUT2D eigenvalue weighted by molar-refractivity contribution is -0.240. The summed E-state index contributed by atoms with van der Waals surface area (Å²) in [6.45, 7) is 6.33. The van der Waals surface area contributed by atoms with E-state index in [1.165, 1.54) is 0 Å². The summed E-state index contributed by atoms with van der Waals surface area (Å²) < 4.78 is 0. The van der Waals surface area contributed by atoms with Crippen LogP contribution < -0.4 is 10.6 Å². The van der Waals surface area contributed by atoms with Gasteiger partial charge in [0.15, 0.2) is 11.1 Å². The van der Waals surface area contributed by atoms with Gasteiger partial charge < -0.3 is 10.6 Å². The van der Waals surface area contributed by atoms with Crippen LogP contribution in [-0.2, 0) is 19.4 Å². The molecule has 0 unspecified atom stereocenters. The van der Waals surface area contributed by atoms with Crippen molar-refractivity contribution in [3.63, 3.8) is 0 Å². The fourth-order valence-electron chi connectivity index (χ4n) is 1.19. The van der Waals surface area contributed by atoms with Gasteiger partial charge in [0, 0.05) is 13.1 Å². The van der Waals surface area contributed by atoms with Gasteiger partial charge in [-0.15, -0.1) is 0 Å². The van der Waals surface area contributed by atoms with Gasteiger partial charge in [-0.05, 0) is 27.7 Å². The maximum absolute atomic E-state index is 11.9. The molecule has 22 heavy (non-hydrogen) atoms. The highest BCUT2D eigenvalue weighted by atomic mass is 17.1. The Labute approximate surface area is 128 Å². The summed E-state index contributed by atoms with van der Waals surface area (Å²) in [4.78, 5) is 31.5. The minimum absolute atomic E-state index is 0.0419. The molecule has 0 aromatic rings. The number of carbonyl (C=O) groups is 2. The highest BCUT2D eigenvalue weighted by Gasteiger charge is 2.31. The van der Waals surface area contributed by atoms with Gasteiger partial charge in [0.25, 0.3) is 0 Å². The standard InChI is InChI=1S/C12H24N4O6/c1-11(2,9(17)13-5-7-21-19)15-16-12(3,4)10(18)14-6-8-22-20/h19-20H,5-8H2,1-4H3,(H,13,17)(H,14,18). The maximum Gasteiger partial charge on any atom is 0.249 e. The zero-order valence-corrected chi connectivity index (χ0v) is 13.3. The van der Waals surface area contributed by atoms with Crippen molar-refractivity contribution in [3.05, 3.63) is 0 Å². The van der Waals surface area contributed by atoms with Gasteiger partial charge in [0.2, 0.25) is 11.8 Å². The molecule has 0 rings (SSSR count). The summed E-state index contributed by atoms with van der Waals surface area (Å²) in [6, 6.07) is 0. The van der Waals surface area contributed by atoms with Crippen LogP contribution in [0.5, 0.6) is 0 Å². The van der Waals surface area contributed by atoms with Gasteiger partial charge in [-0.3, -0.25) is 20.1 Å². The van der Waals surface area contributed by atoms with Crippen molar-refractivity contribution in [2.45, 2.75) is 38.8 Å². The highest BCUT2D eigenvalue weighted by Crippen LogP contribution is 2.16. The lowest BCUT2D eigenvalue weighted by Gasteiger charge is -2.22. The van der Waals surface area contributed by atoms with Crippen molar-refractivity contribution in [1.29, 1.82) is 0 Å². The summed E-state index contributed by atoms with van der Waals surface area (Å²) in [5, 5.41) is 29.2. The van der Waals surface area contributed by atoms with E-state index in [2.05, 4.69) is 30.6 Å². The fourth-order valence-corrected chi connectivity index (χ4v) is 1.19. The van der Waals surface area contributed by atoms with Crippen LogP contribution in [-0.4, -0.2) is 59.7 Å². The predicted molar refractivity (Wildman–Crippen MR) is 76.2 cm³/mol. The molecule has 10 nitrogen and oxygen atoms in total. The van der Waals surface area contributed by atoms with Crippen LogP contribution in [0, 0.1) is 0 Å². The van der Waals surface area contributed by atoms with Crippen molar-refractivity contribution in [2.24, 2.45) is 10.2 Å². The SMILES string of the molecule is CC(C)(N=NC(C)(C)C(=O)NCCOO)C(=O)NCCOO. The second-order valence-electron chi connectivity index (χ2n) is 5.50. The van der Waals surface area contributed by atoms with Gasteiger partial charge in [0.05, 0.1) is 13.2 Å². The molecule has 0 spiro atoms. The average molecular weight is 320 g/mol. The number of nitrogens with zero attached hydrogens (tertiary/aromatic N) is 2. The van der Waals surface area contributed by atoms with E-state index in [1.54, 1.807) is 27.7 Å². The zero-order chi connectivity index (χ0) is 17.2. The van der Waals surface area contributed by atoms with E-state index in [1.807, 2.05) is 0 Å². The molecule has 0 aromatic heterocycles. The molecule has 0 radical (unpaired) electrons. The van der Waals surface area contributed by atoms with E-state index in [9.17, 15) is 9.59 Å². The number of amides is 2. The van der Waals surface area contributed by atoms with Gasteiger partial charge in [-0.25, -0.2) is 9.78 Å². The Morgan fingerprint density at radius 2 is 1.18 bits per heavy atom. The van der Waals surface area contributed by atoms with Crippen LogP contribution in [0.25, 0.3) is 0 Å². The number of hydrogen-bond acceptors (Lipinski definition) is 8. The first-order chi connectivity index (χ1) is 10.2. The number of rotatable bonds is 10. The van der Waals surface area contributed by atoms with Gasteiger partial charge in [0.1, 0.15) is 0 Å². The monoisotopic (exact) mass is 320 g/mol. The second-order valence-corrected chi connectivity index (χ2v) is 5.50. The van der Waals surface area contributed by atoms with Crippen LogP contribution >= 0.6 is 0 Å². The van der Waals surface area contributed by atoms with Crippen molar-refractivity contribution in [2.75, 3.05) is 26.3 Å². The Kier molecular flexibility index (Phi) is 8.72. The Bertz CT molecular complexity index is 361. The van der Waals surface area contributed by atoms with Gasteiger partial charge in [-0.2, -0.15) is 10.2 Å². The Morgan fingerprint density at radius 1 is 0.864 bits per heavy atom. The van der Waals surface area contributed by atoms with Crippen LogP contribution in [0.3, 0.4) is 0 Å². The molecule has 0 aliphatic carbocycles. The normalized spacial score (nSPS) is 12.5. The van der Waals surface area contributed by atoms with E-state index in [0.717, 1.165) is 0 Å². The quantitative estimate of drug-likeness (QED) is 0.196. The zero-order valence-electron chi connectivity index (χ0n) is 13.3. The van der Waals surface area contributed by atoms with Crippen molar-refractivity contribution in [3.8, 4) is 0 Å². The van der Waals surface area contributed by atoms with E-state index in [0.29, 0.717) is 0 Å². The number of hydrogen-bond donors (Lipinski definition) is 4. The largest absolute Gasteiger partial charge is 0.352 e. The van der Waals surface area contributed by atoms with E-state index >= 15 is 0 Å². The smallest absolute Gasteiger partial charge is 0.249 e. The molecule has 0 atom stereocenters. The first-order valence-electron chi connectivity index (χ1n) is 6.71. The topological polar surface area (TPSA) is 142 Å². The number of azo groups is 1. The summed E-state index contributed by atoms with van der Waals surface area (Å²) in [7, 11) is 0. The second kappa shape index (κ2) is 9.41. The van der Waals surface area contributed by atoms with Crippen LogP contribution in [0.15, 0.2) is 10.2 Å². The molecule has 0 aliphatic heterocycles. The molecule has 2 amide bonds. The molecule has 0 bridgehead atoms.